The molecule has 8 nitrogen and oxygen atoms in total. The topological polar surface area (TPSA) is 93.4 Å². The third kappa shape index (κ3) is 4.15. The van der Waals surface area contributed by atoms with Crippen LogP contribution < -0.4 is 10.6 Å². The van der Waals surface area contributed by atoms with Gasteiger partial charge in [-0.2, -0.15) is 18.3 Å². The molecule has 28 heavy (non-hydrogen) atoms. The third-order valence-electron chi connectivity index (χ3n) is 3.82. The zero-order valence-corrected chi connectivity index (χ0v) is 15.3. The number of amides is 2. The fourth-order valence-electron chi connectivity index (χ4n) is 2.49. The van der Waals surface area contributed by atoms with E-state index in [1.165, 1.54) is 30.1 Å². The van der Waals surface area contributed by atoms with Crippen molar-refractivity contribution in [3.05, 3.63) is 47.1 Å². The Kier molecular flexibility index (Phi) is 5.38. The van der Waals surface area contributed by atoms with Gasteiger partial charge in [0.1, 0.15) is 10.8 Å². The van der Waals surface area contributed by atoms with Gasteiger partial charge in [0.15, 0.2) is 5.65 Å². The van der Waals surface area contributed by atoms with E-state index in [2.05, 4.69) is 25.7 Å². The molecule has 0 bridgehead atoms. The van der Waals surface area contributed by atoms with Crippen molar-refractivity contribution >= 4 is 34.7 Å². The standard InChI is InChI=1S/C16H14ClF3N6O2/c1-8(28-2)13-10(6-22-26-7-12(17)25-14(13)26)24-15(27)23-9-3-4-21-11(5-9)16(18,19)20/h3-8H,1-2H3,(H2,21,23,24,27). The van der Waals surface area contributed by atoms with Crippen molar-refractivity contribution in [2.24, 2.45) is 0 Å². The van der Waals surface area contributed by atoms with Crippen molar-refractivity contribution in [2.75, 3.05) is 17.7 Å². The summed E-state index contributed by atoms with van der Waals surface area (Å²) in [6.45, 7) is 1.74. The number of rotatable bonds is 4. The molecule has 0 radical (unpaired) electrons. The molecule has 0 aliphatic carbocycles. The number of halogens is 4. The summed E-state index contributed by atoms with van der Waals surface area (Å²) in [7, 11) is 1.48. The van der Waals surface area contributed by atoms with E-state index in [0.717, 1.165) is 12.3 Å². The number of nitrogens with one attached hydrogen (secondary N) is 2. The molecule has 3 rings (SSSR count). The van der Waals surface area contributed by atoms with Crippen molar-refractivity contribution in [3.8, 4) is 0 Å². The average Bonchev–Trinajstić information content (AvgIpc) is 3.00. The van der Waals surface area contributed by atoms with E-state index in [0.29, 0.717) is 11.2 Å². The first-order valence-corrected chi connectivity index (χ1v) is 8.24. The molecule has 12 heteroatoms. The highest BCUT2D eigenvalue weighted by atomic mass is 35.5. The van der Waals surface area contributed by atoms with Crippen LogP contribution in [0.5, 0.6) is 0 Å². The van der Waals surface area contributed by atoms with E-state index >= 15 is 0 Å². The number of aromatic nitrogens is 4. The quantitative estimate of drug-likeness (QED) is 0.669. The van der Waals surface area contributed by atoms with Crippen LogP contribution in [-0.4, -0.2) is 32.7 Å². The van der Waals surface area contributed by atoms with Crippen molar-refractivity contribution in [1.82, 2.24) is 19.6 Å². The van der Waals surface area contributed by atoms with Gasteiger partial charge >= 0.3 is 12.2 Å². The maximum absolute atomic E-state index is 12.8. The number of imidazole rings is 1. The van der Waals surface area contributed by atoms with Crippen LogP contribution in [0, 0.1) is 0 Å². The van der Waals surface area contributed by atoms with Gasteiger partial charge in [0, 0.05) is 19.0 Å². The predicted molar refractivity (Wildman–Crippen MR) is 95.3 cm³/mol. The zero-order chi connectivity index (χ0) is 20.5. The number of methoxy groups -OCH3 is 1. The number of pyridine rings is 1. The number of nitrogens with zero attached hydrogens (tertiary/aromatic N) is 4. The minimum Gasteiger partial charge on any atom is -0.377 e. The number of anilines is 2. The Morgan fingerprint density at radius 3 is 2.79 bits per heavy atom. The minimum atomic E-state index is -4.62. The maximum Gasteiger partial charge on any atom is 0.433 e. The molecule has 2 N–H and O–H groups in total. The van der Waals surface area contributed by atoms with Crippen LogP contribution >= 0.6 is 11.6 Å². The van der Waals surface area contributed by atoms with E-state index < -0.39 is 24.0 Å². The second kappa shape index (κ2) is 7.60. The third-order valence-corrected chi connectivity index (χ3v) is 4.00. The van der Waals surface area contributed by atoms with Crippen molar-refractivity contribution in [1.29, 1.82) is 0 Å². The van der Waals surface area contributed by atoms with Crippen molar-refractivity contribution in [2.45, 2.75) is 19.2 Å². The van der Waals surface area contributed by atoms with Gasteiger partial charge < -0.3 is 15.4 Å². The Hall–Kier alpha value is -2.92. The number of fused-ring (bicyclic) bond motifs is 1. The van der Waals surface area contributed by atoms with Gasteiger partial charge in [-0.3, -0.25) is 4.98 Å². The van der Waals surface area contributed by atoms with Gasteiger partial charge in [0.2, 0.25) is 0 Å². The van der Waals surface area contributed by atoms with Gasteiger partial charge in [-0.1, -0.05) is 11.6 Å². The monoisotopic (exact) mass is 414 g/mol. The Labute approximate surface area is 161 Å². The molecule has 0 fully saturated rings. The lowest BCUT2D eigenvalue weighted by molar-refractivity contribution is -0.141. The number of hydrogen-bond donors (Lipinski definition) is 2. The molecule has 0 saturated heterocycles. The fraction of sp³-hybridized carbons (Fsp3) is 0.250. The summed E-state index contributed by atoms with van der Waals surface area (Å²) in [5.74, 6) is 0. The fourth-order valence-corrected chi connectivity index (χ4v) is 2.66. The van der Waals surface area contributed by atoms with Gasteiger partial charge in [-0.25, -0.2) is 14.3 Å². The normalized spacial score (nSPS) is 12.8. The summed E-state index contributed by atoms with van der Waals surface area (Å²) in [6, 6.07) is 1.20. The molecule has 0 aliphatic rings. The van der Waals surface area contributed by atoms with Crippen LogP contribution in [0.25, 0.3) is 5.65 Å². The Morgan fingerprint density at radius 1 is 1.36 bits per heavy atom. The Morgan fingerprint density at radius 2 is 2.11 bits per heavy atom. The summed E-state index contributed by atoms with van der Waals surface area (Å²) in [5, 5.41) is 9.17. The highest BCUT2D eigenvalue weighted by Gasteiger charge is 2.32. The van der Waals surface area contributed by atoms with Crippen LogP contribution in [0.15, 0.2) is 30.7 Å². The first-order chi connectivity index (χ1) is 13.2. The molecule has 148 valence electrons. The molecule has 0 aromatic carbocycles. The predicted octanol–water partition coefficient (Wildman–Crippen LogP) is 4.15. The molecular formula is C16H14ClF3N6O2. The lowest BCUT2D eigenvalue weighted by Crippen LogP contribution is -2.22. The minimum absolute atomic E-state index is 0.0703. The van der Waals surface area contributed by atoms with Gasteiger partial charge in [0.25, 0.3) is 0 Å². The molecule has 0 saturated carbocycles. The number of urea groups is 1. The number of alkyl halides is 3. The Balaban J connectivity index is 1.87. The van der Waals surface area contributed by atoms with Gasteiger partial charge in [-0.15, -0.1) is 0 Å². The molecule has 1 unspecified atom stereocenters. The van der Waals surface area contributed by atoms with Crippen LogP contribution in [0.1, 0.15) is 24.3 Å². The smallest absolute Gasteiger partial charge is 0.377 e. The zero-order valence-electron chi connectivity index (χ0n) is 14.6. The van der Waals surface area contributed by atoms with Crippen LogP contribution in [-0.2, 0) is 10.9 Å². The first kappa shape index (κ1) is 19.8. The van der Waals surface area contributed by atoms with Gasteiger partial charge in [-0.05, 0) is 19.1 Å². The van der Waals surface area contributed by atoms with Crippen LogP contribution in [0.3, 0.4) is 0 Å². The van der Waals surface area contributed by atoms with Gasteiger partial charge in [0.05, 0.1) is 29.7 Å². The van der Waals surface area contributed by atoms with Crippen LogP contribution in [0.2, 0.25) is 5.15 Å². The first-order valence-electron chi connectivity index (χ1n) is 7.87. The summed E-state index contributed by atoms with van der Waals surface area (Å²) in [5.41, 5.74) is -0.0365. The largest absolute Gasteiger partial charge is 0.433 e. The van der Waals surface area contributed by atoms with Crippen molar-refractivity contribution in [3.63, 3.8) is 0 Å². The summed E-state index contributed by atoms with van der Waals surface area (Å²) >= 11 is 5.91. The molecule has 2 amide bonds. The average molecular weight is 415 g/mol. The molecule has 3 aromatic heterocycles. The van der Waals surface area contributed by atoms with E-state index in [4.69, 9.17) is 16.3 Å². The Bertz CT molecular complexity index is 1020. The second-order valence-electron chi connectivity index (χ2n) is 5.69. The summed E-state index contributed by atoms with van der Waals surface area (Å²) in [4.78, 5) is 19.7. The SMILES string of the molecule is COC(C)c1c(NC(=O)Nc2ccnc(C(F)(F)F)c2)cnn2cc(Cl)nc12. The second-order valence-corrected chi connectivity index (χ2v) is 6.08. The molecule has 0 spiro atoms. The number of carbonyl (C=O) groups is 1. The highest BCUT2D eigenvalue weighted by molar-refractivity contribution is 6.29. The van der Waals surface area contributed by atoms with Crippen LogP contribution in [0.4, 0.5) is 29.3 Å². The number of hydrogen-bond acceptors (Lipinski definition) is 5. The van der Waals surface area contributed by atoms with E-state index in [-0.39, 0.29) is 16.5 Å². The van der Waals surface area contributed by atoms with Crippen molar-refractivity contribution < 1.29 is 22.7 Å². The molecule has 3 heterocycles. The number of ether oxygens (including phenoxy) is 1. The summed E-state index contributed by atoms with van der Waals surface area (Å²) in [6.07, 6.45) is -1.29. The molecule has 0 aliphatic heterocycles. The number of carbonyl (C=O) groups excluding carboxylic acids is 1. The lowest BCUT2D eigenvalue weighted by Gasteiger charge is -2.16. The molecule has 1 atom stereocenters. The lowest BCUT2D eigenvalue weighted by atomic mass is 10.1. The highest BCUT2D eigenvalue weighted by Crippen LogP contribution is 2.30. The summed E-state index contributed by atoms with van der Waals surface area (Å²) < 4.78 is 45.0. The van der Waals surface area contributed by atoms with E-state index in [9.17, 15) is 18.0 Å². The van der Waals surface area contributed by atoms with E-state index in [1.54, 1.807) is 6.92 Å². The van der Waals surface area contributed by atoms with E-state index in [1.807, 2.05) is 0 Å². The molecular weight excluding hydrogens is 401 g/mol. The molecule has 3 aromatic rings. The maximum atomic E-state index is 12.8.